The lowest BCUT2D eigenvalue weighted by molar-refractivity contribution is -0.117. The summed E-state index contributed by atoms with van der Waals surface area (Å²) < 4.78 is 13.0. The first-order chi connectivity index (χ1) is 9.45. The molecule has 1 saturated heterocycles. The van der Waals surface area contributed by atoms with Gasteiger partial charge in [-0.05, 0) is 49.9 Å². The van der Waals surface area contributed by atoms with Crippen LogP contribution in [0.1, 0.15) is 25.3 Å². The van der Waals surface area contributed by atoms with Crippen LogP contribution in [-0.4, -0.2) is 29.8 Å². The number of anilines is 1. The average Bonchev–Trinajstić information content (AvgIpc) is 2.30. The van der Waals surface area contributed by atoms with Crippen LogP contribution in [0.5, 0.6) is 0 Å². The van der Waals surface area contributed by atoms with Gasteiger partial charge in [-0.2, -0.15) is 0 Å². The summed E-state index contributed by atoms with van der Waals surface area (Å²) in [7, 11) is 0. The van der Waals surface area contributed by atoms with E-state index in [2.05, 4.69) is 5.32 Å². The maximum Gasteiger partial charge on any atom is 0.321 e. The number of nitrogens with zero attached hydrogens (tertiary/aromatic N) is 1. The molecule has 0 spiro atoms. The van der Waals surface area contributed by atoms with Crippen LogP contribution in [0.15, 0.2) is 18.2 Å². The predicted molar refractivity (Wildman–Crippen MR) is 75.1 cm³/mol. The van der Waals surface area contributed by atoms with Crippen molar-refractivity contribution in [2.24, 2.45) is 5.92 Å². The molecule has 1 heterocycles. The van der Waals surface area contributed by atoms with Crippen molar-refractivity contribution in [2.45, 2.75) is 26.7 Å². The summed E-state index contributed by atoms with van der Waals surface area (Å²) in [6, 6.07) is 4.12. The van der Waals surface area contributed by atoms with E-state index >= 15 is 0 Å². The first-order valence-corrected chi connectivity index (χ1v) is 6.77. The van der Waals surface area contributed by atoms with Gasteiger partial charge >= 0.3 is 6.03 Å². The smallest absolute Gasteiger partial charge is 0.321 e. The van der Waals surface area contributed by atoms with Crippen LogP contribution in [0.3, 0.4) is 0 Å². The quantitative estimate of drug-likeness (QED) is 0.920. The van der Waals surface area contributed by atoms with Crippen LogP contribution in [0.25, 0.3) is 0 Å². The Morgan fingerprint density at radius 2 is 2.10 bits per heavy atom. The highest BCUT2D eigenvalue weighted by molar-refractivity contribution is 5.90. The van der Waals surface area contributed by atoms with Crippen molar-refractivity contribution in [3.05, 3.63) is 29.6 Å². The van der Waals surface area contributed by atoms with Gasteiger partial charge in [-0.1, -0.05) is 0 Å². The van der Waals surface area contributed by atoms with Crippen LogP contribution in [0.2, 0.25) is 0 Å². The second-order valence-electron chi connectivity index (χ2n) is 5.40. The summed E-state index contributed by atoms with van der Waals surface area (Å²) in [5, 5.41) is 2.78. The van der Waals surface area contributed by atoms with Gasteiger partial charge in [-0.3, -0.25) is 0 Å². The molecule has 1 aliphatic rings. The number of benzene rings is 1. The van der Waals surface area contributed by atoms with E-state index in [4.69, 9.17) is 0 Å². The second kappa shape index (κ2) is 6.03. The summed E-state index contributed by atoms with van der Waals surface area (Å²) in [6.45, 7) is 4.70. The Morgan fingerprint density at radius 1 is 1.40 bits per heavy atom. The van der Waals surface area contributed by atoms with Gasteiger partial charge in [0.25, 0.3) is 0 Å². The zero-order valence-corrected chi connectivity index (χ0v) is 11.8. The molecule has 0 atom stereocenters. The standard InChI is InChI=1S/C15H19FN2O2/c1-10-7-13(16)5-6-14(10)17-15(20)18-8-12(9-18)4-3-11(2)19/h5-7,12H,3-4,8-9H2,1-2H3,(H,17,20). The van der Waals surface area contributed by atoms with Gasteiger partial charge in [0.05, 0.1) is 0 Å². The van der Waals surface area contributed by atoms with Crippen LogP contribution < -0.4 is 5.32 Å². The molecule has 0 bridgehead atoms. The summed E-state index contributed by atoms with van der Waals surface area (Å²) in [5.41, 5.74) is 1.33. The molecule has 0 aromatic heterocycles. The van der Waals surface area contributed by atoms with Crippen molar-refractivity contribution in [3.63, 3.8) is 0 Å². The zero-order chi connectivity index (χ0) is 14.7. The third-order valence-electron chi connectivity index (χ3n) is 3.58. The second-order valence-corrected chi connectivity index (χ2v) is 5.40. The molecule has 2 amide bonds. The third-order valence-corrected chi connectivity index (χ3v) is 3.58. The van der Waals surface area contributed by atoms with Crippen LogP contribution in [0.4, 0.5) is 14.9 Å². The summed E-state index contributed by atoms with van der Waals surface area (Å²) in [4.78, 5) is 24.6. The molecule has 0 aliphatic carbocycles. The van der Waals surface area contributed by atoms with E-state index in [-0.39, 0.29) is 17.6 Å². The number of amides is 2. The maximum atomic E-state index is 13.0. The number of urea groups is 1. The van der Waals surface area contributed by atoms with Crippen molar-refractivity contribution >= 4 is 17.5 Å². The van der Waals surface area contributed by atoms with Crippen molar-refractivity contribution in [1.82, 2.24) is 4.90 Å². The Morgan fingerprint density at radius 3 is 2.70 bits per heavy atom. The molecule has 5 heteroatoms. The lowest BCUT2D eigenvalue weighted by Gasteiger charge is -2.39. The Hall–Kier alpha value is -1.91. The molecule has 4 nitrogen and oxygen atoms in total. The van der Waals surface area contributed by atoms with Crippen molar-refractivity contribution in [3.8, 4) is 0 Å². The molecule has 1 N–H and O–H groups in total. The van der Waals surface area contributed by atoms with E-state index in [0.29, 0.717) is 36.7 Å². The van der Waals surface area contributed by atoms with Gasteiger partial charge in [-0.25, -0.2) is 9.18 Å². The minimum absolute atomic E-state index is 0.168. The van der Waals surface area contributed by atoms with Crippen LogP contribution in [-0.2, 0) is 4.79 Å². The number of halogens is 1. The number of hydrogen-bond donors (Lipinski definition) is 1. The lowest BCUT2D eigenvalue weighted by Crippen LogP contribution is -2.51. The number of aryl methyl sites for hydroxylation is 1. The molecule has 1 aromatic carbocycles. The predicted octanol–water partition coefficient (Wildman–Crippen LogP) is 2.97. The molecular weight excluding hydrogens is 259 g/mol. The number of nitrogens with one attached hydrogen (secondary N) is 1. The topological polar surface area (TPSA) is 49.4 Å². The number of hydrogen-bond acceptors (Lipinski definition) is 2. The van der Waals surface area contributed by atoms with Gasteiger partial charge in [0.2, 0.25) is 0 Å². The fourth-order valence-electron chi connectivity index (χ4n) is 2.29. The summed E-state index contributed by atoms with van der Waals surface area (Å²) >= 11 is 0. The fraction of sp³-hybridized carbons (Fsp3) is 0.467. The van der Waals surface area contributed by atoms with E-state index in [0.717, 1.165) is 6.42 Å². The largest absolute Gasteiger partial charge is 0.324 e. The van der Waals surface area contributed by atoms with Crippen LogP contribution >= 0.6 is 0 Å². The van der Waals surface area contributed by atoms with Gasteiger partial charge in [-0.15, -0.1) is 0 Å². The Labute approximate surface area is 118 Å². The highest BCUT2D eigenvalue weighted by Gasteiger charge is 2.30. The molecule has 0 radical (unpaired) electrons. The molecule has 1 aliphatic heterocycles. The third kappa shape index (κ3) is 3.56. The van der Waals surface area contributed by atoms with E-state index in [1.165, 1.54) is 12.1 Å². The van der Waals surface area contributed by atoms with Crippen LogP contribution in [0, 0.1) is 18.7 Å². The SMILES string of the molecule is CC(=O)CCC1CN(C(=O)Nc2ccc(F)cc2C)C1. The van der Waals surface area contributed by atoms with Crippen molar-refractivity contribution in [1.29, 1.82) is 0 Å². The highest BCUT2D eigenvalue weighted by Crippen LogP contribution is 2.23. The lowest BCUT2D eigenvalue weighted by atomic mass is 9.94. The minimum atomic E-state index is -0.311. The average molecular weight is 278 g/mol. The fourth-order valence-corrected chi connectivity index (χ4v) is 2.29. The normalized spacial score (nSPS) is 14.8. The molecule has 0 unspecified atom stereocenters. The van der Waals surface area contributed by atoms with Gasteiger partial charge in [0.1, 0.15) is 11.6 Å². The number of carbonyl (C=O) groups is 2. The minimum Gasteiger partial charge on any atom is -0.324 e. The first-order valence-electron chi connectivity index (χ1n) is 6.77. The molecule has 2 rings (SSSR count). The molecule has 1 aromatic rings. The molecule has 0 saturated carbocycles. The Balaban J connectivity index is 1.81. The van der Waals surface area contributed by atoms with Gasteiger partial charge in [0, 0.05) is 25.2 Å². The van der Waals surface area contributed by atoms with E-state index < -0.39 is 0 Å². The zero-order valence-electron chi connectivity index (χ0n) is 11.8. The van der Waals surface area contributed by atoms with E-state index in [1.54, 1.807) is 24.8 Å². The molecule has 108 valence electrons. The monoisotopic (exact) mass is 278 g/mol. The van der Waals surface area contributed by atoms with Crippen molar-refractivity contribution < 1.29 is 14.0 Å². The Bertz CT molecular complexity index is 525. The first kappa shape index (κ1) is 14.5. The highest BCUT2D eigenvalue weighted by atomic mass is 19.1. The number of carbonyl (C=O) groups excluding carboxylic acids is 2. The summed E-state index contributed by atoms with van der Waals surface area (Å²) in [6.07, 6.45) is 1.42. The van der Waals surface area contributed by atoms with E-state index in [9.17, 15) is 14.0 Å². The number of ketones is 1. The number of Topliss-reactive ketones (excluding diaryl/α,β-unsaturated/α-hetero) is 1. The Kier molecular flexibility index (Phi) is 4.37. The molecule has 20 heavy (non-hydrogen) atoms. The van der Waals surface area contributed by atoms with Crippen molar-refractivity contribution in [2.75, 3.05) is 18.4 Å². The van der Waals surface area contributed by atoms with Gasteiger partial charge < -0.3 is 15.0 Å². The molecular formula is C15H19FN2O2. The number of likely N-dealkylation sites (tertiary alicyclic amines) is 1. The summed E-state index contributed by atoms with van der Waals surface area (Å²) in [5.74, 6) is 0.294. The number of rotatable bonds is 4. The van der Waals surface area contributed by atoms with Gasteiger partial charge in [0.15, 0.2) is 0 Å². The van der Waals surface area contributed by atoms with E-state index in [1.807, 2.05) is 0 Å². The molecule has 1 fully saturated rings. The maximum absolute atomic E-state index is 13.0.